The number of nitrogens with zero attached hydrogens (tertiary/aromatic N) is 1. The summed E-state index contributed by atoms with van der Waals surface area (Å²) in [5.41, 5.74) is 4.34. The van der Waals surface area contributed by atoms with Gasteiger partial charge in [0.1, 0.15) is 0 Å². The van der Waals surface area contributed by atoms with E-state index in [-0.39, 0.29) is 12.8 Å². The highest BCUT2D eigenvalue weighted by molar-refractivity contribution is 9.10. The van der Waals surface area contributed by atoms with Gasteiger partial charge in [-0.2, -0.15) is 5.10 Å². The summed E-state index contributed by atoms with van der Waals surface area (Å²) >= 11 is 8.68. The van der Waals surface area contributed by atoms with Gasteiger partial charge < -0.3 is 15.2 Å². The van der Waals surface area contributed by atoms with Crippen LogP contribution in [0.2, 0.25) is 0 Å². The van der Waals surface area contributed by atoms with E-state index in [1.807, 2.05) is 24.3 Å². The third-order valence-electron chi connectivity index (χ3n) is 3.98. The highest BCUT2D eigenvalue weighted by Crippen LogP contribution is 2.17. The Morgan fingerprint density at radius 2 is 1.88 bits per heavy atom. The van der Waals surface area contributed by atoms with Gasteiger partial charge in [0, 0.05) is 16.5 Å². The number of hydrogen-bond acceptors (Lipinski definition) is 4. The molecular formula is C17H21BrN3O2S-. The minimum atomic E-state index is -1.09. The van der Waals surface area contributed by atoms with Crippen molar-refractivity contribution in [2.75, 3.05) is 0 Å². The maximum absolute atomic E-state index is 10.8. The van der Waals surface area contributed by atoms with Gasteiger partial charge in [0.05, 0.1) is 5.71 Å². The summed E-state index contributed by atoms with van der Waals surface area (Å²) in [6.07, 6.45) is 6.17. The first-order chi connectivity index (χ1) is 11.5. The number of rotatable bonds is 6. The zero-order chi connectivity index (χ0) is 17.4. The minimum Gasteiger partial charge on any atom is -0.550 e. The van der Waals surface area contributed by atoms with Crippen molar-refractivity contribution in [3.05, 3.63) is 34.3 Å². The zero-order valence-corrected chi connectivity index (χ0v) is 15.8. The topological polar surface area (TPSA) is 76.5 Å². The van der Waals surface area contributed by atoms with Crippen LogP contribution in [0.1, 0.15) is 50.5 Å². The van der Waals surface area contributed by atoms with Gasteiger partial charge in [0.2, 0.25) is 0 Å². The molecule has 0 aromatic heterocycles. The van der Waals surface area contributed by atoms with Crippen molar-refractivity contribution in [3.63, 3.8) is 0 Å². The number of thiocarbonyl (C=S) groups is 1. The Hall–Kier alpha value is -1.47. The highest BCUT2D eigenvalue weighted by atomic mass is 79.9. The van der Waals surface area contributed by atoms with Crippen LogP contribution in [-0.4, -0.2) is 22.8 Å². The van der Waals surface area contributed by atoms with Gasteiger partial charge in [-0.15, -0.1) is 0 Å². The molecule has 24 heavy (non-hydrogen) atoms. The Labute approximate surface area is 156 Å². The van der Waals surface area contributed by atoms with E-state index in [0.717, 1.165) is 22.9 Å². The van der Waals surface area contributed by atoms with Gasteiger partial charge in [-0.05, 0) is 55.6 Å². The lowest BCUT2D eigenvalue weighted by atomic mass is 9.96. The molecule has 1 saturated carbocycles. The van der Waals surface area contributed by atoms with Crippen molar-refractivity contribution in [2.45, 2.75) is 51.0 Å². The van der Waals surface area contributed by atoms with Gasteiger partial charge in [-0.25, -0.2) is 0 Å². The van der Waals surface area contributed by atoms with Crippen LogP contribution in [0.15, 0.2) is 33.8 Å². The largest absolute Gasteiger partial charge is 0.550 e. The molecule has 130 valence electrons. The summed E-state index contributed by atoms with van der Waals surface area (Å²) in [5, 5.41) is 18.8. The molecule has 2 rings (SSSR count). The van der Waals surface area contributed by atoms with Gasteiger partial charge in [0.25, 0.3) is 0 Å². The van der Waals surface area contributed by atoms with E-state index >= 15 is 0 Å². The molecule has 1 aliphatic carbocycles. The normalized spacial score (nSPS) is 15.8. The number of carboxylic acids is 1. The van der Waals surface area contributed by atoms with Crippen molar-refractivity contribution in [1.29, 1.82) is 0 Å². The molecule has 0 unspecified atom stereocenters. The molecule has 2 N–H and O–H groups in total. The summed E-state index contributed by atoms with van der Waals surface area (Å²) in [6, 6.07) is 7.95. The number of nitrogens with one attached hydrogen (secondary N) is 2. The molecule has 1 aromatic carbocycles. The zero-order valence-electron chi connectivity index (χ0n) is 13.4. The number of carbonyl (C=O) groups is 1. The van der Waals surface area contributed by atoms with E-state index in [0.29, 0.717) is 16.9 Å². The Morgan fingerprint density at radius 1 is 1.21 bits per heavy atom. The number of aliphatic carboxylic acids is 1. The Morgan fingerprint density at radius 3 is 2.50 bits per heavy atom. The number of benzene rings is 1. The molecular weight excluding hydrogens is 390 g/mol. The van der Waals surface area contributed by atoms with Crippen LogP contribution >= 0.6 is 28.1 Å². The van der Waals surface area contributed by atoms with Crippen LogP contribution in [0.4, 0.5) is 0 Å². The molecule has 0 aliphatic heterocycles. The van der Waals surface area contributed by atoms with E-state index < -0.39 is 5.97 Å². The fourth-order valence-electron chi connectivity index (χ4n) is 2.71. The van der Waals surface area contributed by atoms with Crippen LogP contribution in [0.25, 0.3) is 0 Å². The smallest absolute Gasteiger partial charge is 0.187 e. The molecule has 5 nitrogen and oxygen atoms in total. The van der Waals surface area contributed by atoms with Crippen molar-refractivity contribution < 1.29 is 9.90 Å². The van der Waals surface area contributed by atoms with Crippen LogP contribution < -0.4 is 15.8 Å². The summed E-state index contributed by atoms with van der Waals surface area (Å²) in [6.45, 7) is 0. The third kappa shape index (κ3) is 6.57. The standard InChI is InChI=1S/C17H22BrN3O2S/c18-13-8-6-12(7-9-13)15(10-11-16(22)23)20-21-17(24)19-14-4-2-1-3-5-14/h6-9,14H,1-5,10-11H2,(H,22,23)(H2,19,21,24)/p-1/b20-15-. The lowest BCUT2D eigenvalue weighted by molar-refractivity contribution is -0.305. The van der Waals surface area contributed by atoms with Crippen LogP contribution in [0, 0.1) is 0 Å². The first-order valence-corrected chi connectivity index (χ1v) is 9.33. The van der Waals surface area contributed by atoms with Crippen LogP contribution in [-0.2, 0) is 4.79 Å². The Bertz CT molecular complexity index is 598. The molecule has 1 aliphatic rings. The Kier molecular flexibility index (Phi) is 7.65. The molecule has 0 amide bonds. The Balaban J connectivity index is 1.99. The van der Waals surface area contributed by atoms with Gasteiger partial charge in [-0.1, -0.05) is 47.3 Å². The SMILES string of the molecule is O=C([O-])CC/C(=N/NC(=S)NC1CCCCC1)c1ccc(Br)cc1. The van der Waals surface area contributed by atoms with E-state index in [4.69, 9.17) is 12.2 Å². The maximum Gasteiger partial charge on any atom is 0.187 e. The van der Waals surface area contributed by atoms with E-state index in [1.165, 1.54) is 19.3 Å². The average molecular weight is 411 g/mol. The monoisotopic (exact) mass is 410 g/mol. The molecule has 0 spiro atoms. The van der Waals surface area contributed by atoms with E-state index in [2.05, 4.69) is 31.8 Å². The second kappa shape index (κ2) is 9.74. The lowest BCUT2D eigenvalue weighted by Crippen LogP contribution is -2.41. The summed E-state index contributed by atoms with van der Waals surface area (Å²) in [7, 11) is 0. The van der Waals surface area contributed by atoms with Gasteiger partial charge in [0.15, 0.2) is 5.11 Å². The summed E-state index contributed by atoms with van der Waals surface area (Å²) in [4.78, 5) is 10.8. The highest BCUT2D eigenvalue weighted by Gasteiger charge is 2.14. The first-order valence-electron chi connectivity index (χ1n) is 8.13. The summed E-state index contributed by atoms with van der Waals surface area (Å²) in [5.74, 6) is -1.09. The quantitative estimate of drug-likeness (QED) is 0.427. The molecule has 0 bridgehead atoms. The predicted octanol–water partition coefficient (Wildman–Crippen LogP) is 2.48. The average Bonchev–Trinajstić information content (AvgIpc) is 2.57. The van der Waals surface area contributed by atoms with Crippen molar-refractivity contribution >= 4 is 44.9 Å². The van der Waals surface area contributed by atoms with Gasteiger partial charge >= 0.3 is 0 Å². The van der Waals surface area contributed by atoms with Crippen molar-refractivity contribution in [2.24, 2.45) is 5.10 Å². The fraction of sp³-hybridized carbons (Fsp3) is 0.471. The number of carbonyl (C=O) groups excluding carboxylic acids is 1. The minimum absolute atomic E-state index is 0.0839. The summed E-state index contributed by atoms with van der Waals surface area (Å²) < 4.78 is 0.952. The van der Waals surface area contributed by atoms with E-state index in [1.54, 1.807) is 0 Å². The van der Waals surface area contributed by atoms with Crippen molar-refractivity contribution in [1.82, 2.24) is 10.7 Å². The molecule has 7 heteroatoms. The molecule has 0 atom stereocenters. The molecule has 0 heterocycles. The molecule has 0 radical (unpaired) electrons. The van der Waals surface area contributed by atoms with E-state index in [9.17, 15) is 9.90 Å². The number of carboxylic acid groups (broad SMARTS) is 1. The third-order valence-corrected chi connectivity index (χ3v) is 4.71. The second-order valence-corrected chi connectivity index (χ2v) is 7.18. The number of halogens is 1. The molecule has 1 aromatic rings. The molecule has 1 fully saturated rings. The number of hydrazone groups is 1. The second-order valence-electron chi connectivity index (χ2n) is 5.86. The lowest BCUT2D eigenvalue weighted by Gasteiger charge is -2.23. The van der Waals surface area contributed by atoms with Crippen LogP contribution in [0.3, 0.4) is 0 Å². The molecule has 0 saturated heterocycles. The van der Waals surface area contributed by atoms with Crippen molar-refractivity contribution in [3.8, 4) is 0 Å². The van der Waals surface area contributed by atoms with Crippen LogP contribution in [0.5, 0.6) is 0 Å². The predicted molar refractivity (Wildman–Crippen MR) is 101 cm³/mol. The first kappa shape index (κ1) is 18.9. The number of hydrogen-bond donors (Lipinski definition) is 2. The van der Waals surface area contributed by atoms with Gasteiger partial charge in [-0.3, -0.25) is 5.43 Å². The maximum atomic E-state index is 10.8. The fourth-order valence-corrected chi connectivity index (χ4v) is 3.19.